The molecule has 0 aliphatic carbocycles. The van der Waals surface area contributed by atoms with Crippen LogP contribution in [0, 0.1) is 0 Å². The summed E-state index contributed by atoms with van der Waals surface area (Å²) in [5.74, 6) is 0. The lowest BCUT2D eigenvalue weighted by atomic mass is 10.1. The topological polar surface area (TPSA) is 38.0 Å². The number of aromatic nitrogens is 2. The van der Waals surface area contributed by atoms with E-state index in [0.29, 0.717) is 0 Å². The molecule has 3 rings (SSSR count). The second-order valence-electron chi connectivity index (χ2n) is 5.06. The lowest BCUT2D eigenvalue weighted by Crippen LogP contribution is -1.97. The van der Waals surface area contributed by atoms with Gasteiger partial charge in [-0.1, -0.05) is 49.4 Å². The van der Waals surface area contributed by atoms with Crippen LogP contribution in [0.15, 0.2) is 67.0 Å². The fourth-order valence-corrected chi connectivity index (χ4v) is 2.33. The first-order chi connectivity index (χ1) is 10.3. The van der Waals surface area contributed by atoms with Crippen molar-refractivity contribution in [3.8, 4) is 16.8 Å². The molecular weight excluding hydrogens is 260 g/mol. The number of rotatable bonds is 4. The van der Waals surface area contributed by atoms with Gasteiger partial charge < -0.3 is 5.11 Å². The van der Waals surface area contributed by atoms with Crippen molar-refractivity contribution in [3.63, 3.8) is 0 Å². The van der Waals surface area contributed by atoms with Crippen molar-refractivity contribution in [3.05, 3.63) is 72.6 Å². The number of hydrogen-bond donors (Lipinski definition) is 1. The highest BCUT2D eigenvalue weighted by Crippen LogP contribution is 2.21. The zero-order valence-corrected chi connectivity index (χ0v) is 12.0. The summed E-state index contributed by atoms with van der Waals surface area (Å²) in [6.07, 6.45) is 4.21. The molecule has 3 nitrogen and oxygen atoms in total. The third kappa shape index (κ3) is 2.88. The predicted molar refractivity (Wildman–Crippen MR) is 84.3 cm³/mol. The van der Waals surface area contributed by atoms with Crippen LogP contribution in [0.4, 0.5) is 0 Å². The molecule has 0 fully saturated rings. The van der Waals surface area contributed by atoms with Crippen molar-refractivity contribution < 1.29 is 5.11 Å². The quantitative estimate of drug-likeness (QED) is 0.783. The van der Waals surface area contributed by atoms with Gasteiger partial charge in [0.2, 0.25) is 0 Å². The largest absolute Gasteiger partial charge is 0.388 e. The molecule has 2 aromatic carbocycles. The smallest absolute Gasteiger partial charge is 0.0787 e. The summed E-state index contributed by atoms with van der Waals surface area (Å²) < 4.78 is 1.85. The molecule has 21 heavy (non-hydrogen) atoms. The Morgan fingerprint density at radius 3 is 2.38 bits per heavy atom. The Balaban J connectivity index is 1.86. The zero-order valence-electron chi connectivity index (χ0n) is 12.0. The molecule has 0 bridgehead atoms. The van der Waals surface area contributed by atoms with E-state index in [4.69, 9.17) is 0 Å². The van der Waals surface area contributed by atoms with Crippen LogP contribution >= 0.6 is 0 Å². The molecule has 1 N–H and O–H groups in total. The van der Waals surface area contributed by atoms with Gasteiger partial charge in [-0.15, -0.1) is 0 Å². The lowest BCUT2D eigenvalue weighted by Gasteiger charge is -2.08. The van der Waals surface area contributed by atoms with Gasteiger partial charge in [0, 0.05) is 11.8 Å². The van der Waals surface area contributed by atoms with E-state index in [1.807, 2.05) is 66.5 Å². The van der Waals surface area contributed by atoms with Gasteiger partial charge >= 0.3 is 0 Å². The third-order valence-corrected chi connectivity index (χ3v) is 3.62. The van der Waals surface area contributed by atoms with Crippen LogP contribution in [-0.4, -0.2) is 14.9 Å². The molecular formula is C18H18N2O. The molecule has 1 heterocycles. The highest BCUT2D eigenvalue weighted by molar-refractivity contribution is 5.62. The first kappa shape index (κ1) is 13.6. The van der Waals surface area contributed by atoms with Crippen molar-refractivity contribution >= 4 is 0 Å². The Morgan fingerprint density at radius 1 is 1.00 bits per heavy atom. The van der Waals surface area contributed by atoms with E-state index in [1.165, 1.54) is 0 Å². The number of benzene rings is 2. The maximum atomic E-state index is 9.82. The van der Waals surface area contributed by atoms with Gasteiger partial charge in [0.25, 0.3) is 0 Å². The second kappa shape index (κ2) is 5.94. The van der Waals surface area contributed by atoms with Crippen molar-refractivity contribution in [1.82, 2.24) is 9.78 Å². The Morgan fingerprint density at radius 2 is 1.71 bits per heavy atom. The molecule has 0 saturated carbocycles. The van der Waals surface area contributed by atoms with Crippen LogP contribution in [0.2, 0.25) is 0 Å². The van der Waals surface area contributed by atoms with Crippen LogP contribution in [0.25, 0.3) is 16.8 Å². The average Bonchev–Trinajstić information content (AvgIpc) is 3.05. The molecule has 0 unspecified atom stereocenters. The van der Waals surface area contributed by atoms with Crippen molar-refractivity contribution in [2.75, 3.05) is 0 Å². The fourth-order valence-electron chi connectivity index (χ4n) is 2.33. The molecule has 1 aromatic heterocycles. The minimum absolute atomic E-state index is 0.392. The van der Waals surface area contributed by atoms with E-state index in [0.717, 1.165) is 28.8 Å². The first-order valence-corrected chi connectivity index (χ1v) is 7.16. The van der Waals surface area contributed by atoms with Crippen molar-refractivity contribution in [2.45, 2.75) is 19.4 Å². The van der Waals surface area contributed by atoms with E-state index in [2.05, 4.69) is 17.2 Å². The van der Waals surface area contributed by atoms with E-state index < -0.39 is 6.10 Å². The van der Waals surface area contributed by atoms with E-state index in [1.54, 1.807) is 0 Å². The number of nitrogens with zero attached hydrogens (tertiary/aromatic N) is 2. The van der Waals surface area contributed by atoms with Gasteiger partial charge in [-0.2, -0.15) is 5.10 Å². The average molecular weight is 278 g/mol. The highest BCUT2D eigenvalue weighted by atomic mass is 16.3. The summed E-state index contributed by atoms with van der Waals surface area (Å²) >= 11 is 0. The summed E-state index contributed by atoms with van der Waals surface area (Å²) in [5, 5.41) is 14.2. The number of hydrogen-bond acceptors (Lipinski definition) is 2. The molecule has 0 radical (unpaired) electrons. The Bertz CT molecular complexity index is 702. The maximum absolute atomic E-state index is 9.82. The van der Waals surface area contributed by atoms with Crippen LogP contribution in [-0.2, 0) is 0 Å². The molecule has 1 atom stereocenters. The van der Waals surface area contributed by atoms with Crippen molar-refractivity contribution in [1.29, 1.82) is 0 Å². The second-order valence-corrected chi connectivity index (χ2v) is 5.06. The molecule has 0 aliphatic heterocycles. The summed E-state index contributed by atoms with van der Waals surface area (Å²) in [7, 11) is 0. The maximum Gasteiger partial charge on any atom is 0.0787 e. The summed E-state index contributed by atoms with van der Waals surface area (Å²) in [5.41, 5.74) is 4.18. The molecule has 0 amide bonds. The predicted octanol–water partition coefficient (Wildman–Crippen LogP) is 3.98. The summed E-state index contributed by atoms with van der Waals surface area (Å²) in [6, 6.07) is 18.1. The Hall–Kier alpha value is -2.39. The standard InChI is InChI=1S/C18H18N2O/c1-2-18(21)15-8-10-17(11-9-15)20-13-16(12-19-20)14-6-4-3-5-7-14/h3-13,18,21H,2H2,1H3/t18-/m1/s1. The molecule has 3 aromatic rings. The zero-order chi connectivity index (χ0) is 14.7. The first-order valence-electron chi connectivity index (χ1n) is 7.16. The normalized spacial score (nSPS) is 12.3. The van der Waals surface area contributed by atoms with Gasteiger partial charge in [0.15, 0.2) is 0 Å². The minimum Gasteiger partial charge on any atom is -0.388 e. The molecule has 3 heteroatoms. The van der Waals surface area contributed by atoms with Gasteiger partial charge in [-0.05, 0) is 29.7 Å². The molecule has 0 saturated heterocycles. The lowest BCUT2D eigenvalue weighted by molar-refractivity contribution is 0.173. The summed E-state index contributed by atoms with van der Waals surface area (Å²) in [4.78, 5) is 0. The Kier molecular flexibility index (Phi) is 3.84. The molecule has 0 aliphatic rings. The van der Waals surface area contributed by atoms with Gasteiger partial charge in [-0.3, -0.25) is 0 Å². The minimum atomic E-state index is -0.392. The highest BCUT2D eigenvalue weighted by Gasteiger charge is 2.06. The van der Waals surface area contributed by atoms with Crippen LogP contribution in [0.1, 0.15) is 25.0 Å². The van der Waals surface area contributed by atoms with Crippen LogP contribution in [0.3, 0.4) is 0 Å². The van der Waals surface area contributed by atoms with Crippen molar-refractivity contribution in [2.24, 2.45) is 0 Å². The van der Waals surface area contributed by atoms with Crippen LogP contribution in [0.5, 0.6) is 0 Å². The SMILES string of the molecule is CC[C@@H](O)c1ccc(-n2cc(-c3ccccc3)cn2)cc1. The summed E-state index contributed by atoms with van der Waals surface area (Å²) in [6.45, 7) is 1.97. The number of aliphatic hydroxyl groups is 1. The van der Waals surface area contributed by atoms with E-state index >= 15 is 0 Å². The van der Waals surface area contributed by atoms with Gasteiger partial charge in [-0.25, -0.2) is 4.68 Å². The van der Waals surface area contributed by atoms with Gasteiger partial charge in [0.05, 0.1) is 18.0 Å². The monoisotopic (exact) mass is 278 g/mol. The molecule has 0 spiro atoms. The third-order valence-electron chi connectivity index (χ3n) is 3.62. The molecule has 106 valence electrons. The van der Waals surface area contributed by atoms with Crippen LogP contribution < -0.4 is 0 Å². The van der Waals surface area contributed by atoms with Gasteiger partial charge in [0.1, 0.15) is 0 Å². The van der Waals surface area contributed by atoms with E-state index in [9.17, 15) is 5.11 Å². The fraction of sp³-hybridized carbons (Fsp3) is 0.167. The van der Waals surface area contributed by atoms with E-state index in [-0.39, 0.29) is 0 Å². The Labute approximate surface area is 124 Å². The number of aliphatic hydroxyl groups excluding tert-OH is 1.